The lowest BCUT2D eigenvalue weighted by Crippen LogP contribution is -2.27. The lowest BCUT2D eigenvalue weighted by Gasteiger charge is -2.08. The molecule has 28 heavy (non-hydrogen) atoms. The van der Waals surface area contributed by atoms with Crippen molar-refractivity contribution >= 4 is 66.1 Å². The molecular weight excluding hydrogens is 486 g/mol. The number of halogens is 2. The molecule has 3 aromatic rings. The van der Waals surface area contributed by atoms with Crippen molar-refractivity contribution in [1.29, 1.82) is 0 Å². The van der Waals surface area contributed by atoms with Crippen molar-refractivity contribution in [3.05, 3.63) is 57.7 Å². The molecule has 0 aliphatic carbocycles. The van der Waals surface area contributed by atoms with Crippen LogP contribution in [0.3, 0.4) is 0 Å². The van der Waals surface area contributed by atoms with E-state index >= 15 is 0 Å². The maximum absolute atomic E-state index is 12.8. The average Bonchev–Trinajstić information content (AvgIpc) is 3.02. The first-order chi connectivity index (χ1) is 13.3. The van der Waals surface area contributed by atoms with Crippen LogP contribution in [0.15, 0.2) is 56.7 Å². The monoisotopic (exact) mass is 501 g/mol. The van der Waals surface area contributed by atoms with Crippen LogP contribution in [0, 0.1) is 0 Å². The number of fused-ring (bicyclic) bond motifs is 1. The van der Waals surface area contributed by atoms with Crippen LogP contribution < -0.4 is 10.5 Å². The summed E-state index contributed by atoms with van der Waals surface area (Å²) >= 11 is 10.8. The molecule has 0 aliphatic rings. The molecule has 10 heteroatoms. The highest BCUT2D eigenvalue weighted by molar-refractivity contribution is 9.10. The SMILES string of the molecule is NC(=O)c1[nH]c2ccc(Br)cc2c1S(=O)(=O)NCCCSc1ccc(Cl)cc1. The number of hydrogen-bond donors (Lipinski definition) is 3. The zero-order chi connectivity index (χ0) is 20.3. The van der Waals surface area contributed by atoms with Gasteiger partial charge in [-0.3, -0.25) is 4.79 Å². The number of hydrogen-bond acceptors (Lipinski definition) is 4. The van der Waals surface area contributed by atoms with Gasteiger partial charge in [-0.1, -0.05) is 27.5 Å². The highest BCUT2D eigenvalue weighted by atomic mass is 79.9. The smallest absolute Gasteiger partial charge is 0.266 e. The lowest BCUT2D eigenvalue weighted by molar-refractivity contribution is 0.0993. The fourth-order valence-corrected chi connectivity index (χ4v) is 5.44. The van der Waals surface area contributed by atoms with Crippen LogP contribution in [0.1, 0.15) is 16.9 Å². The molecule has 148 valence electrons. The van der Waals surface area contributed by atoms with Gasteiger partial charge in [-0.25, -0.2) is 13.1 Å². The maximum Gasteiger partial charge on any atom is 0.266 e. The van der Waals surface area contributed by atoms with E-state index in [0.717, 1.165) is 10.6 Å². The zero-order valence-electron chi connectivity index (χ0n) is 14.5. The van der Waals surface area contributed by atoms with Crippen molar-refractivity contribution < 1.29 is 13.2 Å². The van der Waals surface area contributed by atoms with Crippen LogP contribution in [-0.4, -0.2) is 31.6 Å². The quantitative estimate of drug-likeness (QED) is 0.318. The molecule has 1 amide bonds. The number of nitrogens with one attached hydrogen (secondary N) is 2. The first-order valence-corrected chi connectivity index (χ1v) is 11.9. The van der Waals surface area contributed by atoms with E-state index in [4.69, 9.17) is 17.3 Å². The van der Waals surface area contributed by atoms with E-state index in [1.165, 1.54) is 0 Å². The summed E-state index contributed by atoms with van der Waals surface area (Å²) in [4.78, 5) is 15.5. The van der Waals surface area contributed by atoms with Gasteiger partial charge in [0, 0.05) is 31.8 Å². The fraction of sp³-hybridized carbons (Fsp3) is 0.167. The van der Waals surface area contributed by atoms with Crippen LogP contribution in [0.2, 0.25) is 5.02 Å². The predicted molar refractivity (Wildman–Crippen MR) is 116 cm³/mol. The minimum Gasteiger partial charge on any atom is -0.364 e. The largest absolute Gasteiger partial charge is 0.364 e. The lowest BCUT2D eigenvalue weighted by atomic mass is 10.2. The van der Waals surface area contributed by atoms with Crippen molar-refractivity contribution in [2.45, 2.75) is 16.2 Å². The van der Waals surface area contributed by atoms with Crippen LogP contribution in [0.25, 0.3) is 10.9 Å². The Labute approximate surface area is 180 Å². The summed E-state index contributed by atoms with van der Waals surface area (Å²) in [6.07, 6.45) is 0.616. The second-order valence-corrected chi connectivity index (χ2v) is 10.2. The number of H-pyrrole nitrogens is 1. The van der Waals surface area contributed by atoms with Crippen molar-refractivity contribution in [3.63, 3.8) is 0 Å². The second-order valence-electron chi connectivity index (χ2n) is 5.94. The molecule has 1 heterocycles. The van der Waals surface area contributed by atoms with Gasteiger partial charge >= 0.3 is 0 Å². The van der Waals surface area contributed by atoms with Gasteiger partial charge in [0.25, 0.3) is 5.91 Å². The van der Waals surface area contributed by atoms with E-state index in [-0.39, 0.29) is 17.1 Å². The molecule has 0 fully saturated rings. The topological polar surface area (TPSA) is 105 Å². The molecule has 6 nitrogen and oxygen atoms in total. The standard InChI is InChI=1S/C18H17BrClN3O3S2/c19-11-2-7-15-14(10-11)17(16(23-15)18(21)24)28(25,26)22-8-1-9-27-13-5-3-12(20)4-6-13/h2-7,10,22-23H,1,8-9H2,(H2,21,24). The van der Waals surface area contributed by atoms with Crippen LogP contribution in [-0.2, 0) is 10.0 Å². The number of nitrogens with two attached hydrogens (primary N) is 1. The summed E-state index contributed by atoms with van der Waals surface area (Å²) in [7, 11) is -3.92. The molecule has 0 saturated carbocycles. The van der Waals surface area contributed by atoms with Crippen molar-refractivity contribution in [1.82, 2.24) is 9.71 Å². The molecule has 4 N–H and O–H groups in total. The Kier molecular flexibility index (Phi) is 6.72. The molecule has 0 bridgehead atoms. The Hall–Kier alpha value is -1.52. The molecule has 0 atom stereocenters. The summed E-state index contributed by atoms with van der Waals surface area (Å²) in [6, 6.07) is 12.5. The summed E-state index contributed by atoms with van der Waals surface area (Å²) in [5.74, 6) is -0.0994. The number of aromatic nitrogens is 1. The fourth-order valence-electron chi connectivity index (χ4n) is 2.66. The molecule has 0 radical (unpaired) electrons. The van der Waals surface area contributed by atoms with Crippen molar-refractivity contribution in [2.24, 2.45) is 5.73 Å². The Morgan fingerprint density at radius 2 is 1.93 bits per heavy atom. The van der Waals surface area contributed by atoms with Crippen molar-refractivity contribution in [2.75, 3.05) is 12.3 Å². The molecule has 0 spiro atoms. The number of carbonyl (C=O) groups is 1. The summed E-state index contributed by atoms with van der Waals surface area (Å²) in [5.41, 5.74) is 5.77. The van der Waals surface area contributed by atoms with Gasteiger partial charge in [-0.05, 0) is 54.6 Å². The summed E-state index contributed by atoms with van der Waals surface area (Å²) in [5, 5.41) is 1.08. The third-order valence-electron chi connectivity index (χ3n) is 3.92. The van der Waals surface area contributed by atoms with Gasteiger partial charge in [0.15, 0.2) is 0 Å². The summed E-state index contributed by atoms with van der Waals surface area (Å²) in [6.45, 7) is 0.238. The zero-order valence-corrected chi connectivity index (χ0v) is 18.5. The third-order valence-corrected chi connectivity index (χ3v) is 7.31. The minimum atomic E-state index is -3.92. The highest BCUT2D eigenvalue weighted by Crippen LogP contribution is 2.29. The van der Waals surface area contributed by atoms with Gasteiger partial charge in [-0.2, -0.15) is 0 Å². The van der Waals surface area contributed by atoms with Crippen molar-refractivity contribution in [3.8, 4) is 0 Å². The van der Waals surface area contributed by atoms with E-state index < -0.39 is 15.9 Å². The van der Waals surface area contributed by atoms with Gasteiger partial charge in [0.2, 0.25) is 10.0 Å². The highest BCUT2D eigenvalue weighted by Gasteiger charge is 2.26. The van der Waals surface area contributed by atoms with E-state index in [1.807, 2.05) is 24.3 Å². The van der Waals surface area contributed by atoms with Gasteiger partial charge in [0.05, 0.1) is 0 Å². The predicted octanol–water partition coefficient (Wildman–Crippen LogP) is 4.14. The van der Waals surface area contributed by atoms with E-state index in [9.17, 15) is 13.2 Å². The molecular formula is C18H17BrClN3O3S2. The average molecular weight is 503 g/mol. The number of thioether (sulfide) groups is 1. The number of carbonyl (C=O) groups excluding carboxylic acids is 1. The Bertz CT molecular complexity index is 1120. The van der Waals surface area contributed by atoms with E-state index in [1.54, 1.807) is 30.0 Å². The normalized spacial score (nSPS) is 11.8. The van der Waals surface area contributed by atoms with E-state index in [2.05, 4.69) is 25.6 Å². The number of primary amides is 1. The van der Waals surface area contributed by atoms with Crippen LogP contribution >= 0.6 is 39.3 Å². The van der Waals surface area contributed by atoms with Crippen LogP contribution in [0.5, 0.6) is 0 Å². The molecule has 0 unspecified atom stereocenters. The Balaban J connectivity index is 1.70. The Morgan fingerprint density at radius 1 is 1.21 bits per heavy atom. The number of sulfonamides is 1. The minimum absolute atomic E-state index is 0.123. The molecule has 3 rings (SSSR count). The molecule has 0 saturated heterocycles. The van der Waals surface area contributed by atoms with Gasteiger partial charge in [0.1, 0.15) is 10.6 Å². The molecule has 2 aromatic carbocycles. The third kappa shape index (κ3) is 4.90. The second kappa shape index (κ2) is 8.87. The van der Waals surface area contributed by atoms with Crippen LogP contribution in [0.4, 0.5) is 0 Å². The maximum atomic E-state index is 12.8. The van der Waals surface area contributed by atoms with E-state index in [0.29, 0.717) is 26.8 Å². The number of amides is 1. The Morgan fingerprint density at radius 3 is 2.61 bits per heavy atom. The number of rotatable bonds is 8. The van der Waals surface area contributed by atoms with Gasteiger partial charge in [-0.15, -0.1) is 11.8 Å². The molecule has 1 aromatic heterocycles. The molecule has 0 aliphatic heterocycles. The number of aromatic amines is 1. The first kappa shape index (κ1) is 21.2. The summed E-state index contributed by atoms with van der Waals surface area (Å²) < 4.78 is 28.9. The first-order valence-electron chi connectivity index (χ1n) is 8.27. The van der Waals surface area contributed by atoms with Gasteiger partial charge < -0.3 is 10.7 Å². The number of benzene rings is 2.